The SMILES string of the molecule is c1cncc(-c2ccc3c(c2)CCSN3)c1. The van der Waals surface area contributed by atoms with Gasteiger partial charge in [-0.2, -0.15) is 0 Å². The summed E-state index contributed by atoms with van der Waals surface area (Å²) in [5, 5.41) is 0. The van der Waals surface area contributed by atoms with Gasteiger partial charge in [0.05, 0.1) is 0 Å². The van der Waals surface area contributed by atoms with Gasteiger partial charge in [-0.25, -0.2) is 0 Å². The molecule has 1 aromatic heterocycles. The second-order valence-corrected chi connectivity index (χ2v) is 4.72. The highest BCUT2D eigenvalue weighted by molar-refractivity contribution is 8.00. The molecular formula is C13H12N2S. The summed E-state index contributed by atoms with van der Waals surface area (Å²) in [5.41, 5.74) is 5.09. The van der Waals surface area contributed by atoms with Gasteiger partial charge in [-0.1, -0.05) is 24.1 Å². The van der Waals surface area contributed by atoms with Crippen molar-refractivity contribution in [3.05, 3.63) is 48.3 Å². The van der Waals surface area contributed by atoms with Crippen LogP contribution in [0.25, 0.3) is 11.1 Å². The van der Waals surface area contributed by atoms with Crippen LogP contribution in [0, 0.1) is 0 Å². The molecule has 0 atom stereocenters. The third kappa shape index (κ3) is 1.78. The number of fused-ring (bicyclic) bond motifs is 1. The molecule has 16 heavy (non-hydrogen) atoms. The maximum Gasteiger partial charge on any atom is 0.0472 e. The lowest BCUT2D eigenvalue weighted by atomic mass is 10.0. The normalized spacial score (nSPS) is 14.0. The van der Waals surface area contributed by atoms with Crippen LogP contribution in [-0.2, 0) is 6.42 Å². The molecule has 2 heterocycles. The highest BCUT2D eigenvalue weighted by Gasteiger charge is 2.09. The van der Waals surface area contributed by atoms with E-state index in [2.05, 4.69) is 34.0 Å². The van der Waals surface area contributed by atoms with Gasteiger partial charge in [-0.15, -0.1) is 0 Å². The van der Waals surface area contributed by atoms with Crippen LogP contribution in [0.4, 0.5) is 5.69 Å². The molecule has 0 amide bonds. The third-order valence-electron chi connectivity index (χ3n) is 2.76. The number of aromatic nitrogens is 1. The van der Waals surface area contributed by atoms with E-state index >= 15 is 0 Å². The number of hydrogen-bond acceptors (Lipinski definition) is 3. The standard InChI is InChI=1S/C13H12N2S/c1-2-12(9-14-6-1)10-3-4-13-11(8-10)5-7-16-15-13/h1-4,6,8-9,15H,5,7H2. The van der Waals surface area contributed by atoms with Crippen molar-refractivity contribution in [3.63, 3.8) is 0 Å². The average molecular weight is 228 g/mol. The lowest BCUT2D eigenvalue weighted by Gasteiger charge is -2.17. The Hall–Kier alpha value is -1.48. The molecule has 0 bridgehead atoms. The Morgan fingerprint density at radius 1 is 1.19 bits per heavy atom. The molecule has 1 N–H and O–H groups in total. The minimum Gasteiger partial charge on any atom is -0.329 e. The van der Waals surface area contributed by atoms with Gasteiger partial charge < -0.3 is 4.72 Å². The Kier molecular flexibility index (Phi) is 2.54. The van der Waals surface area contributed by atoms with Gasteiger partial charge >= 0.3 is 0 Å². The van der Waals surface area contributed by atoms with E-state index in [1.165, 1.54) is 22.4 Å². The monoisotopic (exact) mass is 228 g/mol. The number of rotatable bonds is 1. The Labute approximate surface area is 99.2 Å². The summed E-state index contributed by atoms with van der Waals surface area (Å²) >= 11 is 1.78. The van der Waals surface area contributed by atoms with E-state index in [0.29, 0.717) is 0 Å². The van der Waals surface area contributed by atoms with Gasteiger partial charge in [0.1, 0.15) is 0 Å². The van der Waals surface area contributed by atoms with Crippen LogP contribution < -0.4 is 4.72 Å². The third-order valence-corrected chi connectivity index (χ3v) is 3.53. The van der Waals surface area contributed by atoms with Crippen molar-refractivity contribution in [2.45, 2.75) is 6.42 Å². The first-order chi connectivity index (χ1) is 7.93. The lowest BCUT2D eigenvalue weighted by molar-refractivity contribution is 1.15. The number of nitrogens with one attached hydrogen (secondary N) is 1. The maximum absolute atomic E-state index is 4.15. The number of aryl methyl sites for hydroxylation is 1. The lowest BCUT2D eigenvalue weighted by Crippen LogP contribution is -2.04. The summed E-state index contributed by atoms with van der Waals surface area (Å²) in [6.45, 7) is 0. The highest BCUT2D eigenvalue weighted by atomic mass is 32.2. The summed E-state index contributed by atoms with van der Waals surface area (Å²) in [7, 11) is 0. The molecule has 80 valence electrons. The summed E-state index contributed by atoms with van der Waals surface area (Å²) in [6, 6.07) is 10.6. The fraction of sp³-hybridized carbons (Fsp3) is 0.154. The van der Waals surface area contributed by atoms with Gasteiger partial charge in [0.15, 0.2) is 0 Å². The fourth-order valence-corrected chi connectivity index (χ4v) is 2.68. The Bertz CT molecular complexity index is 497. The van der Waals surface area contributed by atoms with Crippen molar-refractivity contribution >= 4 is 17.6 Å². The van der Waals surface area contributed by atoms with Crippen LogP contribution >= 0.6 is 11.9 Å². The molecule has 0 radical (unpaired) electrons. The minimum atomic E-state index is 1.14. The second kappa shape index (κ2) is 4.18. The molecule has 0 saturated heterocycles. The number of anilines is 1. The van der Waals surface area contributed by atoms with Crippen LogP contribution in [-0.4, -0.2) is 10.7 Å². The minimum absolute atomic E-state index is 1.14. The largest absolute Gasteiger partial charge is 0.329 e. The average Bonchev–Trinajstić information content (AvgIpc) is 2.39. The number of hydrogen-bond donors (Lipinski definition) is 1. The van der Waals surface area contributed by atoms with Crippen LogP contribution in [0.1, 0.15) is 5.56 Å². The zero-order valence-electron chi connectivity index (χ0n) is 8.81. The van der Waals surface area contributed by atoms with Crippen molar-refractivity contribution in [1.82, 2.24) is 4.98 Å². The first kappa shape index (κ1) is 9.73. The number of benzene rings is 1. The Morgan fingerprint density at radius 3 is 3.06 bits per heavy atom. The molecule has 3 heteroatoms. The summed E-state index contributed by atoms with van der Waals surface area (Å²) in [4.78, 5) is 4.15. The van der Waals surface area contributed by atoms with Crippen molar-refractivity contribution < 1.29 is 0 Å². The smallest absolute Gasteiger partial charge is 0.0472 e. The first-order valence-corrected chi connectivity index (χ1v) is 6.33. The summed E-state index contributed by atoms with van der Waals surface area (Å²) in [6.07, 6.45) is 4.86. The topological polar surface area (TPSA) is 24.9 Å². The maximum atomic E-state index is 4.15. The molecule has 3 rings (SSSR count). The first-order valence-electron chi connectivity index (χ1n) is 5.34. The predicted octanol–water partition coefficient (Wildman–Crippen LogP) is 3.36. The molecule has 0 saturated carbocycles. The van der Waals surface area contributed by atoms with E-state index in [1.54, 1.807) is 18.1 Å². The predicted molar refractivity (Wildman–Crippen MR) is 69.5 cm³/mol. The van der Waals surface area contributed by atoms with E-state index in [0.717, 1.165) is 12.2 Å². The zero-order valence-corrected chi connectivity index (χ0v) is 9.63. The van der Waals surface area contributed by atoms with Gasteiger partial charge in [0.25, 0.3) is 0 Å². The molecule has 1 aromatic carbocycles. The molecule has 0 aliphatic carbocycles. The van der Waals surface area contributed by atoms with Crippen LogP contribution in [0.15, 0.2) is 42.7 Å². The van der Waals surface area contributed by atoms with Crippen molar-refractivity contribution in [2.75, 3.05) is 10.5 Å². The molecule has 0 spiro atoms. The molecule has 2 nitrogen and oxygen atoms in total. The summed E-state index contributed by atoms with van der Waals surface area (Å²) < 4.78 is 3.34. The van der Waals surface area contributed by atoms with E-state index < -0.39 is 0 Å². The van der Waals surface area contributed by atoms with Crippen LogP contribution in [0.5, 0.6) is 0 Å². The zero-order chi connectivity index (χ0) is 10.8. The molecule has 0 unspecified atom stereocenters. The molecule has 1 aliphatic rings. The Balaban J connectivity index is 2.03. The second-order valence-electron chi connectivity index (χ2n) is 3.81. The number of nitrogens with zero attached hydrogens (tertiary/aromatic N) is 1. The van der Waals surface area contributed by atoms with Gasteiger partial charge in [-0.05, 0) is 41.3 Å². The van der Waals surface area contributed by atoms with Crippen molar-refractivity contribution in [2.24, 2.45) is 0 Å². The van der Waals surface area contributed by atoms with E-state index in [-0.39, 0.29) is 0 Å². The molecule has 2 aromatic rings. The van der Waals surface area contributed by atoms with E-state index in [1.807, 2.05) is 12.3 Å². The fourth-order valence-electron chi connectivity index (χ4n) is 1.90. The van der Waals surface area contributed by atoms with Crippen molar-refractivity contribution in [3.8, 4) is 11.1 Å². The van der Waals surface area contributed by atoms with Crippen LogP contribution in [0.3, 0.4) is 0 Å². The van der Waals surface area contributed by atoms with E-state index in [9.17, 15) is 0 Å². The summed E-state index contributed by atoms with van der Waals surface area (Å²) in [5.74, 6) is 1.14. The molecular weight excluding hydrogens is 216 g/mol. The van der Waals surface area contributed by atoms with Crippen molar-refractivity contribution in [1.29, 1.82) is 0 Å². The van der Waals surface area contributed by atoms with Gasteiger partial charge in [0, 0.05) is 23.8 Å². The van der Waals surface area contributed by atoms with Gasteiger partial charge in [0.2, 0.25) is 0 Å². The van der Waals surface area contributed by atoms with Gasteiger partial charge in [-0.3, -0.25) is 4.98 Å². The number of pyridine rings is 1. The van der Waals surface area contributed by atoms with E-state index in [4.69, 9.17) is 0 Å². The molecule has 1 aliphatic heterocycles. The van der Waals surface area contributed by atoms with Crippen LogP contribution in [0.2, 0.25) is 0 Å². The highest BCUT2D eigenvalue weighted by Crippen LogP contribution is 2.30. The quantitative estimate of drug-likeness (QED) is 0.757. The molecule has 0 fully saturated rings. The Morgan fingerprint density at radius 2 is 2.19 bits per heavy atom.